The van der Waals surface area contributed by atoms with Crippen LogP contribution in [0.1, 0.15) is 142 Å². The SMILES string of the molecule is CC/C=C\C/C=C\C/C=C\CCCCCCCC(=O)OC[C@@H]1COP(=O)(O)OP(=O)(O)OC[C@H]2O[C@@H](n3ccc(N)nc3=O)[C@@H](CC=CCCCC(=O)O1)[C@@H](O)CC(O)O[C@H](/C=C/[C@@H](O)CCCCC)[C@H](O)[C@@H]2O. The number of ether oxygens (including phenoxy) is 4. The fourth-order valence-electron chi connectivity index (χ4n) is 7.83. The molecule has 3 heterocycles. The summed E-state index contributed by atoms with van der Waals surface area (Å²) in [7, 11) is -11.3. The molecule has 0 radical (unpaired) electrons. The Labute approximate surface area is 434 Å². The number of cyclic esters (lactones) is 1. The summed E-state index contributed by atoms with van der Waals surface area (Å²) in [5, 5.41) is 56.8. The number of aliphatic hydroxyl groups excluding tert-OH is 5. The molecule has 0 aliphatic carbocycles. The summed E-state index contributed by atoms with van der Waals surface area (Å²) in [5.74, 6) is -2.87. The summed E-state index contributed by atoms with van der Waals surface area (Å²) in [6, 6.07) is 1.22. The Morgan fingerprint density at radius 3 is 2.30 bits per heavy atom. The molecule has 2 bridgehead atoms. The van der Waals surface area contributed by atoms with Gasteiger partial charge >= 0.3 is 33.3 Å². The van der Waals surface area contributed by atoms with Crippen LogP contribution < -0.4 is 11.4 Å². The lowest BCUT2D eigenvalue weighted by atomic mass is 9.92. The number of phosphoric ester groups is 2. The highest BCUT2D eigenvalue weighted by molar-refractivity contribution is 7.61. The second kappa shape index (κ2) is 35.6. The van der Waals surface area contributed by atoms with Crippen molar-refractivity contribution in [2.75, 3.05) is 25.6 Å². The maximum Gasteiger partial charge on any atom is 0.481 e. The smallest absolute Gasteiger partial charge is 0.462 e. The number of anilines is 1. The maximum absolute atomic E-state index is 13.4. The van der Waals surface area contributed by atoms with Gasteiger partial charge in [-0.1, -0.05) is 113 Å². The number of allylic oxidation sites excluding steroid dienone is 8. The van der Waals surface area contributed by atoms with Crippen LogP contribution in [0.25, 0.3) is 0 Å². The van der Waals surface area contributed by atoms with E-state index < -0.39 is 121 Å². The van der Waals surface area contributed by atoms with E-state index in [2.05, 4.69) is 52.7 Å². The molecule has 2 aliphatic rings. The average Bonchev–Trinajstić information content (AvgIpc) is 3.35. The molecule has 3 unspecified atom stereocenters. The van der Waals surface area contributed by atoms with Crippen molar-refractivity contribution in [1.82, 2.24) is 9.55 Å². The quantitative estimate of drug-likeness (QED) is 0.0268. The summed E-state index contributed by atoms with van der Waals surface area (Å²) in [6.07, 6.45) is 14.5. The molecule has 1 aromatic heterocycles. The molecule has 12 atom stereocenters. The van der Waals surface area contributed by atoms with Crippen molar-refractivity contribution >= 4 is 33.4 Å². The van der Waals surface area contributed by atoms with E-state index in [-0.39, 0.29) is 37.9 Å². The Kier molecular flexibility index (Phi) is 31.1. The van der Waals surface area contributed by atoms with Crippen LogP contribution in [0.3, 0.4) is 0 Å². The van der Waals surface area contributed by atoms with E-state index in [4.69, 9.17) is 33.7 Å². The van der Waals surface area contributed by atoms with Gasteiger partial charge in [0.05, 0.1) is 25.4 Å². The van der Waals surface area contributed by atoms with E-state index in [0.717, 1.165) is 75.0 Å². The lowest BCUT2D eigenvalue weighted by Crippen LogP contribution is -2.49. The molecule has 9 N–H and O–H groups in total. The highest BCUT2D eigenvalue weighted by Crippen LogP contribution is 2.60. The second-order valence-electron chi connectivity index (χ2n) is 18.2. The zero-order valence-electron chi connectivity index (χ0n) is 42.7. The maximum atomic E-state index is 13.4. The van der Waals surface area contributed by atoms with Gasteiger partial charge in [-0.25, -0.2) is 13.9 Å². The fraction of sp³-hybridized carbons (Fsp3) is 0.680. The molecule has 3 rings (SSSR count). The zero-order valence-corrected chi connectivity index (χ0v) is 44.4. The number of hydrogen-bond acceptors (Lipinski definition) is 19. The third kappa shape index (κ3) is 26.4. The summed E-state index contributed by atoms with van der Waals surface area (Å²) in [6.45, 7) is 1.30. The van der Waals surface area contributed by atoms with E-state index in [1.807, 2.05) is 6.92 Å². The molecule has 2 aliphatic heterocycles. The van der Waals surface area contributed by atoms with Crippen LogP contribution in [0.4, 0.5) is 5.82 Å². The van der Waals surface area contributed by atoms with E-state index in [9.17, 15) is 58.8 Å². The fourth-order valence-corrected chi connectivity index (χ4v) is 9.94. The molecule has 0 aromatic carbocycles. The van der Waals surface area contributed by atoms with Crippen molar-refractivity contribution in [3.05, 3.63) is 83.5 Å². The third-order valence-corrected chi connectivity index (χ3v) is 14.5. The monoisotopic (exact) mass is 1090 g/mol. The predicted octanol–water partition coefficient (Wildman–Crippen LogP) is 6.44. The Hall–Kier alpha value is -3.70. The van der Waals surface area contributed by atoms with Crippen molar-refractivity contribution in [3.63, 3.8) is 0 Å². The van der Waals surface area contributed by atoms with Crippen molar-refractivity contribution in [1.29, 1.82) is 0 Å². The van der Waals surface area contributed by atoms with E-state index in [1.54, 1.807) is 12.2 Å². The van der Waals surface area contributed by atoms with Crippen LogP contribution in [0.15, 0.2) is 77.8 Å². The molecule has 0 saturated carbocycles. The first-order valence-corrected chi connectivity index (χ1v) is 28.7. The van der Waals surface area contributed by atoms with E-state index in [0.29, 0.717) is 19.3 Å². The van der Waals surface area contributed by atoms with Crippen molar-refractivity contribution in [2.24, 2.45) is 5.92 Å². The first-order chi connectivity index (χ1) is 35.3. The Morgan fingerprint density at radius 1 is 0.892 bits per heavy atom. The number of carbonyl (C=O) groups is 2. The highest BCUT2D eigenvalue weighted by Gasteiger charge is 2.44. The largest absolute Gasteiger partial charge is 0.481 e. The molecule has 1 aromatic rings. The average molecular weight is 1090 g/mol. The molecular weight excluding hydrogens is 1010 g/mol. The number of esters is 2. The molecule has 1 fully saturated rings. The summed E-state index contributed by atoms with van der Waals surface area (Å²) < 4.78 is 64.6. The number of aromatic nitrogens is 2. The predicted molar refractivity (Wildman–Crippen MR) is 273 cm³/mol. The van der Waals surface area contributed by atoms with E-state index >= 15 is 0 Å². The van der Waals surface area contributed by atoms with Crippen LogP contribution >= 0.6 is 15.6 Å². The minimum atomic E-state index is -5.74. The molecule has 0 spiro atoms. The van der Waals surface area contributed by atoms with Crippen molar-refractivity contribution < 1.29 is 86.3 Å². The summed E-state index contributed by atoms with van der Waals surface area (Å²) in [5.41, 5.74) is 4.75. The Morgan fingerprint density at radius 2 is 1.58 bits per heavy atom. The van der Waals surface area contributed by atoms with Crippen molar-refractivity contribution in [2.45, 2.75) is 191 Å². The number of rotatable bonds is 22. The number of nitrogens with zero attached hydrogens (tertiary/aromatic N) is 2. The second-order valence-corrected chi connectivity index (χ2v) is 21.2. The molecule has 0 amide bonds. The molecule has 74 heavy (non-hydrogen) atoms. The van der Waals surface area contributed by atoms with Crippen LogP contribution in [-0.2, 0) is 51.0 Å². The topological polar surface area (TPSA) is 335 Å². The lowest BCUT2D eigenvalue weighted by Gasteiger charge is -2.36. The number of phosphoric acid groups is 2. The minimum Gasteiger partial charge on any atom is -0.462 e. The van der Waals surface area contributed by atoms with Gasteiger partial charge in [0.1, 0.15) is 43.1 Å². The van der Waals surface area contributed by atoms with Gasteiger partial charge in [0.25, 0.3) is 0 Å². The van der Waals surface area contributed by atoms with Crippen LogP contribution in [0.2, 0.25) is 0 Å². The van der Waals surface area contributed by atoms with Gasteiger partial charge in [-0.3, -0.25) is 23.2 Å². The van der Waals surface area contributed by atoms with Gasteiger partial charge in [0.15, 0.2) is 12.4 Å². The zero-order chi connectivity index (χ0) is 54.4. The standard InChI is InChI=1S/C50H81N3O19P2/c1-3-5-7-8-9-10-11-12-13-14-15-16-17-18-23-27-44(56)66-34-38-35-67-73(62,63)72-74(64,65)68-36-42-48(60)47(59)41(30-29-37(54)25-21-6-4-2)70-46(58)33-40(55)39(26-22-19-20-24-28-45(57)69-38)49(71-42)53-32-31-43(51)52-50(53)61/h5,7,9-10,12-13,19,22,29-32,37-42,46-49,54-55,58-60H,3-4,6,8,11,14-18,20-21,23-28,33-36H2,1-2H3,(H,62,63)(H,64,65)(H2,51,52,61)/b7-5-,10-9-,13-12-,22-19?,30-29+/t37-,38+,39-,40-,41+,42+,46?,47-,48+,49+/m0/s1. The van der Waals surface area contributed by atoms with Crippen LogP contribution in [0.5, 0.6) is 0 Å². The first kappa shape index (κ1) is 64.6. The summed E-state index contributed by atoms with van der Waals surface area (Å²) in [4.78, 5) is 64.2. The minimum absolute atomic E-state index is 0.0516. The number of carbonyl (C=O) groups excluding carboxylic acids is 2. The molecule has 24 heteroatoms. The third-order valence-electron chi connectivity index (χ3n) is 11.9. The van der Waals surface area contributed by atoms with Gasteiger partial charge in [-0.15, -0.1) is 0 Å². The van der Waals surface area contributed by atoms with Gasteiger partial charge in [-0.05, 0) is 70.3 Å². The highest BCUT2D eigenvalue weighted by atomic mass is 31.3. The van der Waals surface area contributed by atoms with Gasteiger partial charge < -0.3 is 60.0 Å². The Balaban J connectivity index is 1.80. The van der Waals surface area contributed by atoms with Gasteiger partial charge in [0, 0.05) is 31.4 Å². The molecule has 1 saturated heterocycles. The normalized spacial score (nSPS) is 30.2. The number of hydrogen-bond donors (Lipinski definition) is 8. The van der Waals surface area contributed by atoms with Gasteiger partial charge in [0.2, 0.25) is 0 Å². The molecule has 420 valence electrons. The number of nitrogen functional groups attached to an aromatic ring is 1. The lowest BCUT2D eigenvalue weighted by molar-refractivity contribution is -0.192. The Bertz CT molecular complexity index is 2100. The molecule has 22 nitrogen and oxygen atoms in total. The van der Waals surface area contributed by atoms with Crippen molar-refractivity contribution in [3.8, 4) is 0 Å². The number of aliphatic hydroxyl groups is 5. The number of nitrogens with two attached hydrogens (primary N) is 1. The number of fused-ring (bicyclic) bond motifs is 3. The number of unbranched alkanes of at least 4 members (excludes halogenated alkanes) is 7. The van der Waals surface area contributed by atoms with Crippen LogP contribution in [-0.4, -0.2) is 126 Å². The molecular formula is C50H81N3O19P2. The first-order valence-electron chi connectivity index (χ1n) is 25.7. The van der Waals surface area contributed by atoms with Gasteiger partial charge in [-0.2, -0.15) is 9.29 Å². The summed E-state index contributed by atoms with van der Waals surface area (Å²) >= 11 is 0. The van der Waals surface area contributed by atoms with E-state index in [1.165, 1.54) is 18.2 Å². The van der Waals surface area contributed by atoms with Crippen LogP contribution in [0, 0.1) is 5.92 Å².